The molecule has 1 saturated heterocycles. The predicted molar refractivity (Wildman–Crippen MR) is 91.6 cm³/mol. The van der Waals surface area contributed by atoms with Crippen LogP contribution in [0.4, 0.5) is 10.5 Å². The van der Waals surface area contributed by atoms with E-state index in [4.69, 9.17) is 11.6 Å². The van der Waals surface area contributed by atoms with E-state index in [9.17, 15) is 14.4 Å². The minimum absolute atomic E-state index is 0.0983. The fourth-order valence-corrected chi connectivity index (χ4v) is 2.51. The van der Waals surface area contributed by atoms with Crippen molar-refractivity contribution in [1.82, 2.24) is 5.32 Å². The van der Waals surface area contributed by atoms with Gasteiger partial charge in [-0.05, 0) is 48.4 Å². The maximum absolute atomic E-state index is 12.7. The third kappa shape index (κ3) is 2.94. The Morgan fingerprint density at radius 2 is 1.67 bits per heavy atom. The zero-order chi connectivity index (χ0) is 17.3. The van der Waals surface area contributed by atoms with E-state index >= 15 is 0 Å². The number of benzene rings is 2. The first-order valence-electron chi connectivity index (χ1n) is 7.20. The number of anilines is 1. The number of nitrogens with one attached hydrogen (secondary N) is 1. The molecule has 6 heteroatoms. The van der Waals surface area contributed by atoms with Gasteiger partial charge in [0, 0.05) is 5.02 Å². The maximum Gasteiger partial charge on any atom is 0.335 e. The number of amides is 4. The maximum atomic E-state index is 12.7. The summed E-state index contributed by atoms with van der Waals surface area (Å²) in [4.78, 5) is 37.8. The molecule has 1 fully saturated rings. The number of halogens is 1. The summed E-state index contributed by atoms with van der Waals surface area (Å²) < 4.78 is 0. The number of imide groups is 2. The number of aryl methyl sites for hydroxylation is 1. The lowest BCUT2D eigenvalue weighted by molar-refractivity contribution is -0.122. The molecule has 0 spiro atoms. The number of barbiturate groups is 1. The molecule has 2 aromatic carbocycles. The van der Waals surface area contributed by atoms with Gasteiger partial charge in [-0.1, -0.05) is 35.9 Å². The van der Waals surface area contributed by atoms with Gasteiger partial charge in [0.25, 0.3) is 11.8 Å². The van der Waals surface area contributed by atoms with Crippen molar-refractivity contribution in [2.75, 3.05) is 4.90 Å². The minimum Gasteiger partial charge on any atom is -0.273 e. The van der Waals surface area contributed by atoms with Gasteiger partial charge in [-0.15, -0.1) is 0 Å². The smallest absolute Gasteiger partial charge is 0.273 e. The lowest BCUT2D eigenvalue weighted by Gasteiger charge is -2.26. The van der Waals surface area contributed by atoms with Gasteiger partial charge in [0.05, 0.1) is 5.69 Å². The van der Waals surface area contributed by atoms with E-state index in [1.807, 2.05) is 25.1 Å². The van der Waals surface area contributed by atoms with Crippen LogP contribution in [0.25, 0.3) is 6.08 Å². The Hall–Kier alpha value is -2.92. The van der Waals surface area contributed by atoms with E-state index in [-0.39, 0.29) is 5.57 Å². The topological polar surface area (TPSA) is 66.5 Å². The van der Waals surface area contributed by atoms with Crippen LogP contribution >= 0.6 is 11.6 Å². The van der Waals surface area contributed by atoms with Gasteiger partial charge in [-0.25, -0.2) is 9.69 Å². The fourth-order valence-electron chi connectivity index (χ4n) is 2.39. The average molecular weight is 341 g/mol. The number of carbonyl (C=O) groups is 3. The second-order valence-corrected chi connectivity index (χ2v) is 5.73. The molecule has 0 aliphatic carbocycles. The molecule has 24 heavy (non-hydrogen) atoms. The molecular weight excluding hydrogens is 328 g/mol. The second kappa shape index (κ2) is 6.29. The zero-order valence-corrected chi connectivity index (χ0v) is 13.5. The third-order valence-corrected chi connectivity index (χ3v) is 3.93. The normalized spacial score (nSPS) is 16.5. The van der Waals surface area contributed by atoms with Crippen molar-refractivity contribution in [2.24, 2.45) is 0 Å². The van der Waals surface area contributed by atoms with Gasteiger partial charge in [0.1, 0.15) is 5.57 Å². The van der Waals surface area contributed by atoms with Crippen LogP contribution in [-0.4, -0.2) is 17.8 Å². The first-order valence-corrected chi connectivity index (χ1v) is 7.58. The van der Waals surface area contributed by atoms with E-state index in [0.717, 1.165) is 16.0 Å². The van der Waals surface area contributed by atoms with Crippen LogP contribution in [0, 0.1) is 6.92 Å². The van der Waals surface area contributed by atoms with Crippen molar-refractivity contribution in [3.8, 4) is 0 Å². The standard InChI is InChI=1S/C18H13ClN2O3/c1-11-4-2-3-5-12(11)10-15-16(22)20-18(24)21(17(15)23)14-8-6-13(19)7-9-14/h2-10H,1H3,(H,20,22,24). The number of urea groups is 1. The largest absolute Gasteiger partial charge is 0.335 e. The average Bonchev–Trinajstić information content (AvgIpc) is 2.54. The number of nitrogens with zero attached hydrogens (tertiary/aromatic N) is 1. The zero-order valence-electron chi connectivity index (χ0n) is 12.7. The summed E-state index contributed by atoms with van der Waals surface area (Å²) in [5.41, 5.74) is 1.89. The Kier molecular flexibility index (Phi) is 4.18. The van der Waals surface area contributed by atoms with Crippen molar-refractivity contribution in [1.29, 1.82) is 0 Å². The van der Waals surface area contributed by atoms with Crippen molar-refractivity contribution < 1.29 is 14.4 Å². The highest BCUT2D eigenvalue weighted by molar-refractivity contribution is 6.39. The molecule has 4 amide bonds. The third-order valence-electron chi connectivity index (χ3n) is 3.67. The molecular formula is C18H13ClN2O3. The van der Waals surface area contributed by atoms with Gasteiger partial charge in [-0.3, -0.25) is 14.9 Å². The van der Waals surface area contributed by atoms with Gasteiger partial charge < -0.3 is 0 Å². The first-order chi connectivity index (χ1) is 11.5. The summed E-state index contributed by atoms with van der Waals surface area (Å²) in [5.74, 6) is -1.38. The minimum atomic E-state index is -0.783. The summed E-state index contributed by atoms with van der Waals surface area (Å²) in [5, 5.41) is 2.67. The van der Waals surface area contributed by atoms with Crippen LogP contribution in [0.1, 0.15) is 11.1 Å². The van der Waals surface area contributed by atoms with Crippen LogP contribution in [0.5, 0.6) is 0 Å². The van der Waals surface area contributed by atoms with Gasteiger partial charge in [0.2, 0.25) is 0 Å². The predicted octanol–water partition coefficient (Wildman–Crippen LogP) is 3.31. The van der Waals surface area contributed by atoms with Crippen molar-refractivity contribution in [2.45, 2.75) is 6.92 Å². The molecule has 1 aliphatic rings. The quantitative estimate of drug-likeness (QED) is 0.673. The summed E-state index contributed by atoms with van der Waals surface area (Å²) in [7, 11) is 0. The molecule has 0 saturated carbocycles. The van der Waals surface area contributed by atoms with E-state index in [2.05, 4.69) is 5.32 Å². The Labute approximate surface area is 143 Å². The van der Waals surface area contributed by atoms with Crippen LogP contribution in [-0.2, 0) is 9.59 Å². The lowest BCUT2D eigenvalue weighted by atomic mass is 10.0. The molecule has 1 heterocycles. The molecule has 5 nitrogen and oxygen atoms in total. The molecule has 3 rings (SSSR count). The molecule has 1 aliphatic heterocycles. The van der Waals surface area contributed by atoms with Crippen molar-refractivity contribution >= 4 is 41.2 Å². The van der Waals surface area contributed by atoms with Gasteiger partial charge >= 0.3 is 6.03 Å². The first kappa shape index (κ1) is 16.0. The molecule has 0 unspecified atom stereocenters. The molecule has 0 atom stereocenters. The van der Waals surface area contributed by atoms with Gasteiger partial charge in [-0.2, -0.15) is 0 Å². The Morgan fingerprint density at radius 1 is 1.00 bits per heavy atom. The van der Waals surface area contributed by atoms with Gasteiger partial charge in [0.15, 0.2) is 0 Å². The van der Waals surface area contributed by atoms with Crippen molar-refractivity contribution in [3.63, 3.8) is 0 Å². The summed E-state index contributed by atoms with van der Waals surface area (Å²) >= 11 is 5.83. The SMILES string of the molecule is Cc1ccccc1C=C1C(=O)NC(=O)N(c2ccc(Cl)cc2)C1=O. The van der Waals surface area contributed by atoms with Crippen LogP contribution < -0.4 is 10.2 Å². The number of carbonyl (C=O) groups excluding carboxylic acids is 3. The fraction of sp³-hybridized carbons (Fsp3) is 0.0556. The summed E-state index contributed by atoms with van der Waals surface area (Å²) in [6.45, 7) is 1.87. The molecule has 0 aromatic heterocycles. The highest BCUT2D eigenvalue weighted by Crippen LogP contribution is 2.24. The number of rotatable bonds is 2. The molecule has 120 valence electrons. The Morgan fingerprint density at radius 3 is 2.33 bits per heavy atom. The van der Waals surface area contributed by atoms with E-state index in [1.165, 1.54) is 6.08 Å². The Bertz CT molecular complexity index is 872. The van der Waals surface area contributed by atoms with E-state index in [1.54, 1.807) is 30.3 Å². The molecule has 1 N–H and O–H groups in total. The van der Waals surface area contributed by atoms with Crippen LogP contribution in [0.15, 0.2) is 54.1 Å². The van der Waals surface area contributed by atoms with Crippen molar-refractivity contribution in [3.05, 3.63) is 70.3 Å². The highest BCUT2D eigenvalue weighted by atomic mass is 35.5. The molecule has 0 bridgehead atoms. The Balaban J connectivity index is 2.03. The lowest BCUT2D eigenvalue weighted by Crippen LogP contribution is -2.54. The molecule has 0 radical (unpaired) electrons. The van der Waals surface area contributed by atoms with Crippen LogP contribution in [0.3, 0.4) is 0 Å². The summed E-state index contributed by atoms with van der Waals surface area (Å²) in [6.07, 6.45) is 1.49. The van der Waals surface area contributed by atoms with E-state index < -0.39 is 17.8 Å². The van der Waals surface area contributed by atoms with E-state index in [0.29, 0.717) is 10.7 Å². The highest BCUT2D eigenvalue weighted by Gasteiger charge is 2.36. The number of hydrogen-bond donors (Lipinski definition) is 1. The number of hydrogen-bond acceptors (Lipinski definition) is 3. The van der Waals surface area contributed by atoms with Crippen LogP contribution in [0.2, 0.25) is 5.02 Å². The second-order valence-electron chi connectivity index (χ2n) is 5.29. The summed E-state index contributed by atoms with van der Waals surface area (Å²) in [6, 6.07) is 12.8. The monoisotopic (exact) mass is 340 g/mol. The molecule has 2 aromatic rings.